The summed E-state index contributed by atoms with van der Waals surface area (Å²) in [5.41, 5.74) is -1.61. The highest BCUT2D eigenvalue weighted by Gasteiger charge is 2.48. The van der Waals surface area contributed by atoms with Crippen molar-refractivity contribution in [3.05, 3.63) is 76.5 Å². The number of rotatable bonds is 4. The molecule has 0 saturated heterocycles. The lowest BCUT2D eigenvalue weighted by atomic mass is 9.75. The number of benzene rings is 2. The molecule has 2 atom stereocenters. The number of allylic oxidation sites excluding steroid dienone is 1. The fraction of sp³-hybridized carbons (Fsp3) is 0.182. The van der Waals surface area contributed by atoms with E-state index < -0.39 is 47.0 Å². The highest BCUT2D eigenvalue weighted by Crippen LogP contribution is 2.43. The summed E-state index contributed by atoms with van der Waals surface area (Å²) >= 11 is 0. The van der Waals surface area contributed by atoms with Crippen molar-refractivity contribution in [2.24, 2.45) is 5.92 Å². The van der Waals surface area contributed by atoms with Crippen molar-refractivity contribution in [1.82, 2.24) is 0 Å². The summed E-state index contributed by atoms with van der Waals surface area (Å²) < 4.78 is 39.5. The van der Waals surface area contributed by atoms with Gasteiger partial charge in [-0.3, -0.25) is 14.5 Å². The number of hydrogen-bond acceptors (Lipinski definition) is 4. The monoisotopic (exact) mass is 444 g/mol. The van der Waals surface area contributed by atoms with E-state index in [4.69, 9.17) is 5.26 Å². The van der Waals surface area contributed by atoms with Crippen LogP contribution >= 0.6 is 0 Å². The molecule has 2 unspecified atom stereocenters. The summed E-state index contributed by atoms with van der Waals surface area (Å²) in [6.45, 7) is 1.23. The minimum atomic E-state index is -4.72. The molecule has 1 amide bonds. The number of carbonyl (C=O) groups is 3. The molecule has 0 saturated carbocycles. The highest BCUT2D eigenvalue weighted by molar-refractivity contribution is 6.12. The van der Waals surface area contributed by atoms with Crippen molar-refractivity contribution in [2.45, 2.75) is 19.0 Å². The summed E-state index contributed by atoms with van der Waals surface area (Å²) in [5.74, 6) is -7.55. The van der Waals surface area contributed by atoms with E-state index in [0.29, 0.717) is 11.0 Å². The second-order valence-corrected chi connectivity index (χ2v) is 7.05. The quantitative estimate of drug-likeness (QED) is 0.693. The highest BCUT2D eigenvalue weighted by atomic mass is 19.4. The predicted molar refractivity (Wildman–Crippen MR) is 104 cm³/mol. The minimum Gasteiger partial charge on any atom is -0.481 e. The van der Waals surface area contributed by atoms with Crippen molar-refractivity contribution in [3.8, 4) is 6.07 Å². The number of anilines is 1. The Balaban J connectivity index is 2.26. The number of alkyl halides is 3. The number of carbonyl (C=O) groups excluding carboxylic acids is 1. The number of halogens is 3. The molecular formula is C22H15F3N2O5. The summed E-state index contributed by atoms with van der Waals surface area (Å²) in [6, 6.07) is 10.9. The number of nitrogens with zero attached hydrogens (tertiary/aromatic N) is 2. The van der Waals surface area contributed by atoms with Gasteiger partial charge in [-0.05, 0) is 42.8 Å². The topological polar surface area (TPSA) is 119 Å². The smallest absolute Gasteiger partial charge is 0.416 e. The molecule has 32 heavy (non-hydrogen) atoms. The van der Waals surface area contributed by atoms with Gasteiger partial charge in [-0.1, -0.05) is 18.2 Å². The van der Waals surface area contributed by atoms with E-state index in [-0.39, 0.29) is 22.5 Å². The molecule has 1 aliphatic rings. The van der Waals surface area contributed by atoms with Crippen LogP contribution in [0.1, 0.15) is 29.5 Å². The van der Waals surface area contributed by atoms with E-state index in [1.165, 1.54) is 31.2 Å². The van der Waals surface area contributed by atoms with Gasteiger partial charge >= 0.3 is 18.1 Å². The zero-order valence-corrected chi connectivity index (χ0v) is 16.4. The third-order valence-electron chi connectivity index (χ3n) is 5.18. The van der Waals surface area contributed by atoms with Crippen molar-refractivity contribution < 1.29 is 37.8 Å². The van der Waals surface area contributed by atoms with Gasteiger partial charge in [-0.25, -0.2) is 4.79 Å². The molecule has 10 heteroatoms. The number of carboxylic acid groups (broad SMARTS) is 2. The normalized spacial score (nSPS) is 19.0. The zero-order chi connectivity index (χ0) is 23.8. The first kappa shape index (κ1) is 22.6. The number of carboxylic acids is 2. The van der Waals surface area contributed by atoms with Crippen molar-refractivity contribution in [1.29, 1.82) is 5.26 Å². The Hall–Kier alpha value is -4.13. The van der Waals surface area contributed by atoms with Crippen LogP contribution in [0.5, 0.6) is 0 Å². The van der Waals surface area contributed by atoms with Gasteiger partial charge in [0, 0.05) is 17.3 Å². The molecular weight excluding hydrogens is 429 g/mol. The van der Waals surface area contributed by atoms with Crippen LogP contribution in [0.4, 0.5) is 18.9 Å². The summed E-state index contributed by atoms with van der Waals surface area (Å²) in [7, 11) is 0. The summed E-state index contributed by atoms with van der Waals surface area (Å²) in [4.78, 5) is 38.1. The van der Waals surface area contributed by atoms with Crippen LogP contribution in [0.15, 0.2) is 59.8 Å². The Labute approximate surface area is 179 Å². The van der Waals surface area contributed by atoms with Crippen molar-refractivity contribution in [2.75, 3.05) is 4.90 Å². The largest absolute Gasteiger partial charge is 0.481 e. The minimum absolute atomic E-state index is 0.171. The molecule has 0 radical (unpaired) electrons. The Morgan fingerprint density at radius 1 is 1.09 bits per heavy atom. The molecule has 0 aliphatic carbocycles. The molecule has 2 N–H and O–H groups in total. The number of hydrogen-bond donors (Lipinski definition) is 2. The van der Waals surface area contributed by atoms with Crippen molar-refractivity contribution in [3.63, 3.8) is 0 Å². The first-order chi connectivity index (χ1) is 15.0. The van der Waals surface area contributed by atoms with Crippen LogP contribution in [0, 0.1) is 17.2 Å². The standard InChI is InChI=1S/C22H15F3N2O5/c1-11-16(20(29)30)17(13-7-5-12(10-26)6-8-13)18(21(31)32)19(28)27(11)15-4-2-3-14(9-15)22(23,24)25/h2-9,17-18H,1H3,(H,29,30)(H,31,32). The van der Waals surface area contributed by atoms with E-state index in [1.54, 1.807) is 0 Å². The second-order valence-electron chi connectivity index (χ2n) is 7.05. The molecule has 2 aromatic rings. The van der Waals surface area contributed by atoms with Gasteiger partial charge in [0.25, 0.3) is 0 Å². The van der Waals surface area contributed by atoms with Gasteiger partial charge in [0.2, 0.25) is 5.91 Å². The molecule has 3 rings (SSSR count). The number of nitriles is 1. The Morgan fingerprint density at radius 3 is 2.22 bits per heavy atom. The van der Waals surface area contributed by atoms with Gasteiger partial charge in [0.1, 0.15) is 5.92 Å². The lowest BCUT2D eigenvalue weighted by Crippen LogP contribution is -2.48. The van der Waals surface area contributed by atoms with Crippen LogP contribution in [0.25, 0.3) is 0 Å². The molecule has 0 aromatic heterocycles. The summed E-state index contributed by atoms with van der Waals surface area (Å²) in [5, 5.41) is 28.6. The van der Waals surface area contributed by atoms with Crippen LogP contribution in [0.3, 0.4) is 0 Å². The van der Waals surface area contributed by atoms with Gasteiger partial charge in [-0.2, -0.15) is 18.4 Å². The second kappa shape index (κ2) is 8.19. The molecule has 0 spiro atoms. The fourth-order valence-electron chi connectivity index (χ4n) is 3.76. The Bertz CT molecular complexity index is 1180. The first-order valence-corrected chi connectivity index (χ1v) is 9.15. The third kappa shape index (κ3) is 3.92. The first-order valence-electron chi connectivity index (χ1n) is 9.15. The lowest BCUT2D eigenvalue weighted by Gasteiger charge is -2.37. The molecule has 1 aliphatic heterocycles. The van der Waals surface area contributed by atoms with Gasteiger partial charge < -0.3 is 10.2 Å². The predicted octanol–water partition coefficient (Wildman–Crippen LogP) is 3.77. The van der Waals surface area contributed by atoms with Crippen LogP contribution in [-0.4, -0.2) is 28.1 Å². The maximum Gasteiger partial charge on any atom is 0.416 e. The maximum atomic E-state index is 13.2. The van der Waals surface area contributed by atoms with E-state index in [1.807, 2.05) is 6.07 Å². The zero-order valence-electron chi connectivity index (χ0n) is 16.4. The molecule has 2 aromatic carbocycles. The van der Waals surface area contributed by atoms with Gasteiger partial charge in [0.15, 0.2) is 0 Å². The van der Waals surface area contributed by atoms with E-state index in [9.17, 15) is 37.8 Å². The third-order valence-corrected chi connectivity index (χ3v) is 5.18. The van der Waals surface area contributed by atoms with Crippen LogP contribution in [-0.2, 0) is 20.6 Å². The van der Waals surface area contributed by atoms with Gasteiger partial charge in [-0.15, -0.1) is 0 Å². The molecule has 1 heterocycles. The van der Waals surface area contributed by atoms with Crippen LogP contribution < -0.4 is 4.90 Å². The average Bonchev–Trinajstić information content (AvgIpc) is 2.72. The van der Waals surface area contributed by atoms with E-state index >= 15 is 0 Å². The lowest BCUT2D eigenvalue weighted by molar-refractivity contribution is -0.147. The summed E-state index contributed by atoms with van der Waals surface area (Å²) in [6.07, 6.45) is -4.72. The fourth-order valence-corrected chi connectivity index (χ4v) is 3.76. The SMILES string of the molecule is CC1=C(C(=O)O)C(c2ccc(C#N)cc2)C(C(=O)O)C(=O)N1c1cccc(C(F)(F)F)c1. The van der Waals surface area contributed by atoms with Crippen LogP contribution in [0.2, 0.25) is 0 Å². The Kier molecular flexibility index (Phi) is 5.77. The van der Waals surface area contributed by atoms with E-state index in [0.717, 1.165) is 18.2 Å². The van der Waals surface area contributed by atoms with Crippen molar-refractivity contribution >= 4 is 23.5 Å². The van der Waals surface area contributed by atoms with Gasteiger partial charge in [0.05, 0.1) is 22.8 Å². The number of amides is 1. The molecule has 0 fully saturated rings. The number of aliphatic carboxylic acids is 2. The Morgan fingerprint density at radius 2 is 1.72 bits per heavy atom. The maximum absolute atomic E-state index is 13.2. The molecule has 164 valence electrons. The average molecular weight is 444 g/mol. The van der Waals surface area contributed by atoms with E-state index in [2.05, 4.69) is 0 Å². The molecule has 0 bridgehead atoms. The molecule has 7 nitrogen and oxygen atoms in total.